The summed E-state index contributed by atoms with van der Waals surface area (Å²) in [6, 6.07) is 7.39. The number of aromatic amines is 1. The topological polar surface area (TPSA) is 87.7 Å². The summed E-state index contributed by atoms with van der Waals surface area (Å²) in [5, 5.41) is 4.01. The zero-order valence-corrected chi connectivity index (χ0v) is 15.2. The lowest BCUT2D eigenvalue weighted by Crippen LogP contribution is -2.27. The zero-order chi connectivity index (χ0) is 17.9. The van der Waals surface area contributed by atoms with Gasteiger partial charge in [0.1, 0.15) is 5.69 Å². The number of aromatic nitrogens is 3. The molecule has 0 spiro atoms. The smallest absolute Gasteiger partial charge is 0.270 e. The van der Waals surface area contributed by atoms with Gasteiger partial charge >= 0.3 is 0 Å². The Morgan fingerprint density at radius 3 is 2.96 bits per heavy atom. The third-order valence-corrected chi connectivity index (χ3v) is 5.78. The molecular formula is C19H20N4O2S. The van der Waals surface area contributed by atoms with Crippen LogP contribution in [0.15, 0.2) is 29.1 Å². The molecule has 1 aromatic carbocycles. The number of aryl methyl sites for hydroxylation is 3. The van der Waals surface area contributed by atoms with E-state index in [1.54, 1.807) is 11.3 Å². The molecule has 2 aromatic heterocycles. The Labute approximate surface area is 154 Å². The number of carbonyl (C=O) groups excluding carboxylic acids is 1. The molecule has 1 aliphatic carbocycles. The fraction of sp³-hybridized carbons (Fsp3) is 0.368. The van der Waals surface area contributed by atoms with Crippen LogP contribution in [0.5, 0.6) is 0 Å². The van der Waals surface area contributed by atoms with Crippen LogP contribution in [0, 0.1) is 0 Å². The highest BCUT2D eigenvalue weighted by atomic mass is 32.1. The van der Waals surface area contributed by atoms with Crippen molar-refractivity contribution in [2.45, 2.75) is 38.5 Å². The zero-order valence-electron chi connectivity index (χ0n) is 14.4. The summed E-state index contributed by atoms with van der Waals surface area (Å²) in [7, 11) is 0. The number of hydrogen-bond donors (Lipinski definition) is 2. The first-order valence-electron chi connectivity index (χ1n) is 8.91. The fourth-order valence-electron chi connectivity index (χ4n) is 3.22. The maximum atomic E-state index is 12.1. The van der Waals surface area contributed by atoms with Crippen molar-refractivity contribution in [3.8, 4) is 0 Å². The molecule has 0 fully saturated rings. The second-order valence-corrected chi connectivity index (χ2v) is 7.63. The van der Waals surface area contributed by atoms with Crippen LogP contribution in [0.3, 0.4) is 0 Å². The largest absolute Gasteiger partial charge is 0.356 e. The molecule has 0 atom stereocenters. The second kappa shape index (κ2) is 7.37. The van der Waals surface area contributed by atoms with Crippen LogP contribution in [-0.2, 0) is 30.5 Å². The Hall–Kier alpha value is -2.54. The molecule has 2 heterocycles. The number of nitrogens with one attached hydrogen (secondary N) is 2. The molecule has 0 unspecified atom stereocenters. The van der Waals surface area contributed by atoms with Crippen LogP contribution in [0.1, 0.15) is 34.1 Å². The van der Waals surface area contributed by atoms with Crippen molar-refractivity contribution >= 4 is 28.3 Å². The Kier molecular flexibility index (Phi) is 4.79. The molecule has 0 bridgehead atoms. The van der Waals surface area contributed by atoms with Crippen LogP contribution in [0.4, 0.5) is 0 Å². The van der Waals surface area contributed by atoms with E-state index in [2.05, 4.69) is 20.3 Å². The summed E-state index contributed by atoms with van der Waals surface area (Å²) in [6.07, 6.45) is 4.80. The van der Waals surface area contributed by atoms with E-state index < -0.39 is 0 Å². The van der Waals surface area contributed by atoms with Gasteiger partial charge in [-0.05, 0) is 31.4 Å². The number of benzene rings is 1. The van der Waals surface area contributed by atoms with Crippen molar-refractivity contribution in [1.29, 1.82) is 0 Å². The van der Waals surface area contributed by atoms with Crippen LogP contribution in [0.2, 0.25) is 0 Å². The molecule has 1 amide bonds. The Bertz CT molecular complexity index is 987. The minimum absolute atomic E-state index is 0.0662. The highest BCUT2D eigenvalue weighted by Gasteiger charge is 2.16. The highest BCUT2D eigenvalue weighted by molar-refractivity contribution is 7.11. The van der Waals surface area contributed by atoms with E-state index in [0.717, 1.165) is 29.8 Å². The first-order chi connectivity index (χ1) is 12.7. The third-order valence-electron chi connectivity index (χ3n) is 4.56. The van der Waals surface area contributed by atoms with E-state index >= 15 is 0 Å². The molecule has 0 aliphatic heterocycles. The van der Waals surface area contributed by atoms with E-state index in [4.69, 9.17) is 0 Å². The fourth-order valence-corrected chi connectivity index (χ4v) is 4.37. The second-order valence-electron chi connectivity index (χ2n) is 6.46. The average Bonchev–Trinajstić information content (AvgIpc) is 3.21. The minimum Gasteiger partial charge on any atom is -0.356 e. The summed E-state index contributed by atoms with van der Waals surface area (Å²) >= 11 is 1.77. The molecule has 26 heavy (non-hydrogen) atoms. The highest BCUT2D eigenvalue weighted by Crippen LogP contribution is 2.27. The number of hydrogen-bond acceptors (Lipinski definition) is 5. The van der Waals surface area contributed by atoms with Gasteiger partial charge in [0.05, 0.1) is 21.7 Å². The number of H-pyrrole nitrogens is 1. The Balaban J connectivity index is 1.28. The number of rotatable bonds is 6. The van der Waals surface area contributed by atoms with Gasteiger partial charge in [-0.3, -0.25) is 9.59 Å². The van der Waals surface area contributed by atoms with E-state index in [1.807, 2.05) is 24.3 Å². The maximum absolute atomic E-state index is 12.1. The summed E-state index contributed by atoms with van der Waals surface area (Å²) in [4.78, 5) is 37.3. The van der Waals surface area contributed by atoms with Gasteiger partial charge in [0.25, 0.3) is 5.56 Å². The van der Waals surface area contributed by atoms with E-state index in [1.165, 1.54) is 17.0 Å². The molecule has 6 nitrogen and oxygen atoms in total. The molecule has 0 saturated carbocycles. The van der Waals surface area contributed by atoms with Crippen molar-refractivity contribution in [1.82, 2.24) is 20.3 Å². The predicted octanol–water partition coefficient (Wildman–Crippen LogP) is 2.16. The van der Waals surface area contributed by atoms with E-state index in [9.17, 15) is 9.59 Å². The van der Waals surface area contributed by atoms with Gasteiger partial charge in [-0.1, -0.05) is 12.1 Å². The molecule has 0 radical (unpaired) electrons. The van der Waals surface area contributed by atoms with Gasteiger partial charge in [0.2, 0.25) is 5.91 Å². The monoisotopic (exact) mass is 368 g/mol. The number of thiazole rings is 1. The van der Waals surface area contributed by atoms with Gasteiger partial charge < -0.3 is 10.3 Å². The van der Waals surface area contributed by atoms with E-state index in [-0.39, 0.29) is 17.9 Å². The Morgan fingerprint density at radius 2 is 2.08 bits per heavy atom. The van der Waals surface area contributed by atoms with Crippen LogP contribution in [-0.4, -0.2) is 27.4 Å². The molecule has 0 saturated heterocycles. The molecule has 3 aromatic rings. The summed E-state index contributed by atoms with van der Waals surface area (Å²) in [5.41, 5.74) is 2.86. The molecule has 1 aliphatic rings. The van der Waals surface area contributed by atoms with Gasteiger partial charge in [-0.2, -0.15) is 0 Å². The van der Waals surface area contributed by atoms with Crippen molar-refractivity contribution in [2.75, 3.05) is 6.54 Å². The number of para-hydroxylation sites is 2. The SMILES string of the molecule is O=C(CCc1nc2ccccc2[nH]c1=O)NCCc1nc2c(s1)CCC2. The van der Waals surface area contributed by atoms with Gasteiger partial charge in [0, 0.05) is 30.7 Å². The van der Waals surface area contributed by atoms with Crippen LogP contribution >= 0.6 is 11.3 Å². The molecular weight excluding hydrogens is 348 g/mol. The Morgan fingerprint density at radius 1 is 1.19 bits per heavy atom. The van der Waals surface area contributed by atoms with Gasteiger partial charge in [0.15, 0.2) is 0 Å². The van der Waals surface area contributed by atoms with Crippen molar-refractivity contribution in [3.63, 3.8) is 0 Å². The standard InChI is InChI=1S/C19H20N4O2S/c24-17(20-11-10-18-22-14-6-3-7-16(14)26-18)9-8-15-19(25)23-13-5-2-1-4-12(13)21-15/h1-2,4-5H,3,6-11H2,(H,20,24)(H,23,25). The van der Waals surface area contributed by atoms with E-state index in [0.29, 0.717) is 24.2 Å². The first kappa shape index (κ1) is 16.9. The van der Waals surface area contributed by atoms with Crippen LogP contribution < -0.4 is 10.9 Å². The van der Waals surface area contributed by atoms with Gasteiger partial charge in [-0.25, -0.2) is 9.97 Å². The number of nitrogens with zero attached hydrogens (tertiary/aromatic N) is 2. The lowest BCUT2D eigenvalue weighted by atomic mass is 10.2. The lowest BCUT2D eigenvalue weighted by molar-refractivity contribution is -0.121. The maximum Gasteiger partial charge on any atom is 0.270 e. The first-order valence-corrected chi connectivity index (χ1v) is 9.73. The normalized spacial score (nSPS) is 13.1. The van der Waals surface area contributed by atoms with Crippen molar-refractivity contribution < 1.29 is 4.79 Å². The molecule has 7 heteroatoms. The number of fused-ring (bicyclic) bond motifs is 2. The molecule has 2 N–H and O–H groups in total. The summed E-state index contributed by atoms with van der Waals surface area (Å²) < 4.78 is 0. The predicted molar refractivity (Wildman–Crippen MR) is 102 cm³/mol. The third kappa shape index (κ3) is 3.67. The molecule has 134 valence electrons. The quantitative estimate of drug-likeness (QED) is 0.698. The number of amides is 1. The van der Waals surface area contributed by atoms with Crippen LogP contribution in [0.25, 0.3) is 11.0 Å². The summed E-state index contributed by atoms with van der Waals surface area (Å²) in [5.74, 6) is -0.0662. The molecule has 4 rings (SSSR count). The van der Waals surface area contributed by atoms with Crippen molar-refractivity contribution in [3.05, 3.63) is 55.9 Å². The average molecular weight is 368 g/mol. The minimum atomic E-state index is -0.228. The van der Waals surface area contributed by atoms with Crippen molar-refractivity contribution in [2.24, 2.45) is 0 Å². The number of carbonyl (C=O) groups is 1. The summed E-state index contributed by atoms with van der Waals surface area (Å²) in [6.45, 7) is 0.576. The lowest BCUT2D eigenvalue weighted by Gasteiger charge is -2.05. The van der Waals surface area contributed by atoms with Gasteiger partial charge in [-0.15, -0.1) is 11.3 Å².